The van der Waals surface area contributed by atoms with Gasteiger partial charge in [-0.15, -0.1) is 0 Å². The van der Waals surface area contributed by atoms with Crippen molar-refractivity contribution >= 4 is 11.6 Å². The number of anilines is 1. The Labute approximate surface area is 106 Å². The molecular formula is C13H16N4O. The Bertz CT molecular complexity index is 547. The zero-order valence-electron chi connectivity index (χ0n) is 10.3. The third kappa shape index (κ3) is 2.68. The maximum absolute atomic E-state index is 11.1. The molecule has 0 radical (unpaired) electrons. The Balaban J connectivity index is 2.11. The fraction of sp³-hybridized carbons (Fsp3) is 0.231. The normalized spacial score (nSPS) is 10.3. The molecule has 0 unspecified atom stereocenters. The van der Waals surface area contributed by atoms with E-state index in [1.165, 1.54) is 0 Å². The minimum Gasteiger partial charge on any atom is -0.398 e. The molecule has 2 aromatic rings. The van der Waals surface area contributed by atoms with Crippen LogP contribution in [-0.2, 0) is 11.3 Å². The van der Waals surface area contributed by atoms with Gasteiger partial charge < -0.3 is 11.1 Å². The molecule has 0 spiro atoms. The number of benzene rings is 1. The number of rotatable bonds is 4. The highest BCUT2D eigenvalue weighted by Crippen LogP contribution is 2.24. The van der Waals surface area contributed by atoms with E-state index in [1.54, 1.807) is 17.9 Å². The first kappa shape index (κ1) is 12.2. The highest BCUT2D eigenvalue weighted by atomic mass is 16.1. The summed E-state index contributed by atoms with van der Waals surface area (Å²) < 4.78 is 1.75. The lowest BCUT2D eigenvalue weighted by Gasteiger charge is -2.02. The molecule has 1 amide bonds. The number of nitrogens with zero attached hydrogens (tertiary/aromatic N) is 2. The largest absolute Gasteiger partial charge is 0.398 e. The van der Waals surface area contributed by atoms with Crippen LogP contribution in [0.5, 0.6) is 0 Å². The third-order valence-corrected chi connectivity index (χ3v) is 2.75. The van der Waals surface area contributed by atoms with Crippen molar-refractivity contribution in [1.82, 2.24) is 15.1 Å². The first-order valence-corrected chi connectivity index (χ1v) is 5.78. The molecule has 94 valence electrons. The maximum Gasteiger partial charge on any atom is 0.221 e. The third-order valence-electron chi connectivity index (χ3n) is 2.75. The second kappa shape index (κ2) is 5.35. The van der Waals surface area contributed by atoms with Gasteiger partial charge in [-0.1, -0.05) is 18.2 Å². The molecule has 0 saturated carbocycles. The van der Waals surface area contributed by atoms with E-state index < -0.39 is 0 Å². The zero-order valence-corrected chi connectivity index (χ0v) is 10.3. The second-order valence-electron chi connectivity index (χ2n) is 4.00. The maximum atomic E-state index is 11.1. The van der Waals surface area contributed by atoms with Gasteiger partial charge in [0.1, 0.15) is 0 Å². The number of hydrogen-bond donors (Lipinski definition) is 2. The predicted octanol–water partition coefficient (Wildman–Crippen LogP) is 1.27. The second-order valence-corrected chi connectivity index (χ2v) is 4.00. The molecule has 0 fully saturated rings. The number of nitrogens with two attached hydrogens (primary N) is 1. The van der Waals surface area contributed by atoms with Crippen LogP contribution < -0.4 is 11.1 Å². The van der Waals surface area contributed by atoms with Crippen molar-refractivity contribution in [3.05, 3.63) is 36.7 Å². The summed E-state index contributed by atoms with van der Waals surface area (Å²) in [5.74, 6) is 0.00581. The van der Waals surface area contributed by atoms with Crippen LogP contribution in [0.3, 0.4) is 0 Å². The molecule has 0 saturated heterocycles. The number of aryl methyl sites for hydroxylation is 1. The van der Waals surface area contributed by atoms with Gasteiger partial charge in [0.2, 0.25) is 5.91 Å². The van der Waals surface area contributed by atoms with Gasteiger partial charge in [0, 0.05) is 43.0 Å². The Morgan fingerprint density at radius 1 is 1.44 bits per heavy atom. The number of amides is 1. The number of hydrogen-bond acceptors (Lipinski definition) is 3. The van der Waals surface area contributed by atoms with Gasteiger partial charge in [0.15, 0.2) is 0 Å². The Morgan fingerprint density at radius 3 is 2.94 bits per heavy atom. The van der Waals surface area contributed by atoms with E-state index in [1.807, 2.05) is 30.5 Å². The average molecular weight is 244 g/mol. The van der Waals surface area contributed by atoms with Crippen LogP contribution in [-0.4, -0.2) is 22.7 Å². The minimum absolute atomic E-state index is 0.00581. The van der Waals surface area contributed by atoms with E-state index in [2.05, 4.69) is 10.4 Å². The van der Waals surface area contributed by atoms with E-state index in [0.29, 0.717) is 13.0 Å². The Hall–Kier alpha value is -2.30. The van der Waals surface area contributed by atoms with Crippen LogP contribution in [0.2, 0.25) is 0 Å². The number of para-hydroxylation sites is 1. The predicted molar refractivity (Wildman–Crippen MR) is 70.8 cm³/mol. The van der Waals surface area contributed by atoms with Gasteiger partial charge in [0.25, 0.3) is 0 Å². The van der Waals surface area contributed by atoms with Crippen LogP contribution in [0.25, 0.3) is 11.1 Å². The van der Waals surface area contributed by atoms with Crippen molar-refractivity contribution in [3.63, 3.8) is 0 Å². The summed E-state index contributed by atoms with van der Waals surface area (Å²) in [6.45, 7) is 0.562. The molecule has 1 aromatic carbocycles. The zero-order chi connectivity index (χ0) is 13.0. The highest BCUT2D eigenvalue weighted by Gasteiger charge is 2.05. The average Bonchev–Trinajstić information content (AvgIpc) is 2.85. The first-order valence-electron chi connectivity index (χ1n) is 5.78. The number of carbonyl (C=O) groups is 1. The summed E-state index contributed by atoms with van der Waals surface area (Å²) in [4.78, 5) is 11.1. The number of carbonyl (C=O) groups excluding carboxylic acids is 1. The van der Waals surface area contributed by atoms with Gasteiger partial charge in [-0.05, 0) is 6.07 Å². The lowest BCUT2D eigenvalue weighted by molar-refractivity contribution is -0.120. The van der Waals surface area contributed by atoms with Crippen LogP contribution in [0, 0.1) is 0 Å². The monoisotopic (exact) mass is 244 g/mol. The molecule has 0 atom stereocenters. The summed E-state index contributed by atoms with van der Waals surface area (Å²) in [6.07, 6.45) is 4.08. The Morgan fingerprint density at radius 2 is 2.22 bits per heavy atom. The molecule has 0 bridgehead atoms. The van der Waals surface area contributed by atoms with Crippen molar-refractivity contribution in [3.8, 4) is 11.1 Å². The molecular weight excluding hydrogens is 228 g/mol. The smallest absolute Gasteiger partial charge is 0.221 e. The number of aromatic nitrogens is 2. The summed E-state index contributed by atoms with van der Waals surface area (Å²) in [7, 11) is 1.63. The molecule has 2 rings (SSSR count). The molecule has 5 heteroatoms. The summed E-state index contributed by atoms with van der Waals surface area (Å²) in [6, 6.07) is 7.65. The molecule has 0 aliphatic rings. The molecule has 5 nitrogen and oxygen atoms in total. The number of nitrogen functional groups attached to an aromatic ring is 1. The van der Waals surface area contributed by atoms with E-state index in [9.17, 15) is 4.79 Å². The lowest BCUT2D eigenvalue weighted by Crippen LogP contribution is -2.19. The lowest BCUT2D eigenvalue weighted by atomic mass is 10.1. The van der Waals surface area contributed by atoms with E-state index in [0.717, 1.165) is 16.8 Å². The van der Waals surface area contributed by atoms with Gasteiger partial charge in [0.05, 0.1) is 6.20 Å². The molecule has 0 aliphatic carbocycles. The van der Waals surface area contributed by atoms with Crippen molar-refractivity contribution < 1.29 is 4.79 Å². The minimum atomic E-state index is 0.00581. The quantitative estimate of drug-likeness (QED) is 0.795. The van der Waals surface area contributed by atoms with Gasteiger partial charge >= 0.3 is 0 Å². The SMILES string of the molecule is CNC(=O)CCn1cc(-c2ccccc2N)cn1. The molecule has 3 N–H and O–H groups in total. The molecule has 18 heavy (non-hydrogen) atoms. The topological polar surface area (TPSA) is 72.9 Å². The molecule has 0 aliphatic heterocycles. The van der Waals surface area contributed by atoms with E-state index in [4.69, 9.17) is 5.73 Å². The van der Waals surface area contributed by atoms with Crippen LogP contribution in [0.4, 0.5) is 5.69 Å². The highest BCUT2D eigenvalue weighted by molar-refractivity contribution is 5.76. The van der Waals surface area contributed by atoms with E-state index in [-0.39, 0.29) is 5.91 Å². The van der Waals surface area contributed by atoms with Gasteiger partial charge in [-0.2, -0.15) is 5.10 Å². The van der Waals surface area contributed by atoms with Gasteiger partial charge in [-0.3, -0.25) is 9.48 Å². The fourth-order valence-electron chi connectivity index (χ4n) is 1.73. The van der Waals surface area contributed by atoms with Crippen molar-refractivity contribution in [2.45, 2.75) is 13.0 Å². The van der Waals surface area contributed by atoms with Crippen molar-refractivity contribution in [1.29, 1.82) is 0 Å². The molecule has 1 heterocycles. The van der Waals surface area contributed by atoms with Crippen molar-refractivity contribution in [2.24, 2.45) is 0 Å². The van der Waals surface area contributed by atoms with Gasteiger partial charge in [-0.25, -0.2) is 0 Å². The van der Waals surface area contributed by atoms with E-state index >= 15 is 0 Å². The molecule has 1 aromatic heterocycles. The first-order chi connectivity index (χ1) is 8.70. The van der Waals surface area contributed by atoms with Crippen LogP contribution in [0.15, 0.2) is 36.7 Å². The number of nitrogens with one attached hydrogen (secondary N) is 1. The van der Waals surface area contributed by atoms with Crippen LogP contribution in [0.1, 0.15) is 6.42 Å². The summed E-state index contributed by atoms with van der Waals surface area (Å²) in [5.41, 5.74) is 8.55. The fourth-order valence-corrected chi connectivity index (χ4v) is 1.73. The summed E-state index contributed by atoms with van der Waals surface area (Å²) in [5, 5.41) is 6.80. The summed E-state index contributed by atoms with van der Waals surface area (Å²) >= 11 is 0. The Kier molecular flexibility index (Phi) is 3.62. The van der Waals surface area contributed by atoms with Crippen molar-refractivity contribution in [2.75, 3.05) is 12.8 Å². The van der Waals surface area contributed by atoms with Crippen LogP contribution >= 0.6 is 0 Å². The standard InChI is InChI=1S/C13H16N4O/c1-15-13(18)6-7-17-9-10(8-16-17)11-4-2-3-5-12(11)14/h2-5,8-9H,6-7,14H2,1H3,(H,15,18).